The predicted octanol–water partition coefficient (Wildman–Crippen LogP) is 3.46. The van der Waals surface area contributed by atoms with E-state index in [1.165, 1.54) is 30.3 Å². The number of ether oxygens (including phenoxy) is 2. The first kappa shape index (κ1) is 19.3. The molecule has 2 aliphatic heterocycles. The molecule has 6 rings (SSSR count). The van der Waals surface area contributed by atoms with Gasteiger partial charge in [0.1, 0.15) is 25.9 Å². The number of carbonyl (C=O) groups is 1. The summed E-state index contributed by atoms with van der Waals surface area (Å²) in [4.78, 5) is 24.0. The Morgan fingerprint density at radius 1 is 1.12 bits per heavy atom. The summed E-state index contributed by atoms with van der Waals surface area (Å²) in [5, 5.41) is 4.10. The summed E-state index contributed by atoms with van der Waals surface area (Å²) in [5.74, 6) is 2.25. The summed E-state index contributed by atoms with van der Waals surface area (Å²) in [6.07, 6.45) is 9.20. The topological polar surface area (TPSA) is 82.4 Å². The SMILES string of the molecule is CC1c2cc3c(cc2C2(CCCC2)CN1C(=O)c1ccc(-n2cncn2)nc1)OCCO3. The van der Waals surface area contributed by atoms with Crippen molar-refractivity contribution in [3.05, 3.63) is 59.8 Å². The standard InChI is InChI=1S/C24H25N5O3/c1-16-18-10-20-21(32-9-8-31-20)11-19(18)24(6-2-3-7-24)13-28(16)23(30)17-4-5-22(26-12-17)29-15-25-14-27-29/h4-5,10-12,14-16H,2-3,6-9,13H2,1H3. The van der Waals surface area contributed by atoms with Crippen LogP contribution in [0.1, 0.15) is 60.1 Å². The Kier molecular flexibility index (Phi) is 4.41. The van der Waals surface area contributed by atoms with E-state index in [9.17, 15) is 4.79 Å². The third-order valence-electron chi connectivity index (χ3n) is 7.15. The van der Waals surface area contributed by atoms with Crippen LogP contribution in [0.15, 0.2) is 43.1 Å². The normalized spacial score (nSPS) is 20.9. The Labute approximate surface area is 186 Å². The molecule has 1 aromatic carbocycles. The van der Waals surface area contributed by atoms with Crippen molar-refractivity contribution in [1.29, 1.82) is 0 Å². The van der Waals surface area contributed by atoms with Crippen LogP contribution in [0, 0.1) is 0 Å². The number of nitrogens with zero attached hydrogens (tertiary/aromatic N) is 5. The number of pyridine rings is 1. The zero-order valence-electron chi connectivity index (χ0n) is 18.0. The van der Waals surface area contributed by atoms with Crippen LogP contribution < -0.4 is 9.47 Å². The Hall–Kier alpha value is -3.42. The molecule has 1 atom stereocenters. The van der Waals surface area contributed by atoms with Crippen LogP contribution in [0.25, 0.3) is 5.82 Å². The first-order valence-corrected chi connectivity index (χ1v) is 11.2. The summed E-state index contributed by atoms with van der Waals surface area (Å²) in [6, 6.07) is 7.84. The minimum atomic E-state index is -0.0606. The molecule has 0 bridgehead atoms. The number of hydrogen-bond acceptors (Lipinski definition) is 6. The van der Waals surface area contributed by atoms with Crippen LogP contribution >= 0.6 is 0 Å². The fourth-order valence-corrected chi connectivity index (χ4v) is 5.49. The molecule has 164 valence electrons. The van der Waals surface area contributed by atoms with E-state index in [1.807, 2.05) is 11.0 Å². The Morgan fingerprint density at radius 3 is 2.59 bits per heavy atom. The molecular weight excluding hydrogens is 406 g/mol. The van der Waals surface area contributed by atoms with Gasteiger partial charge in [-0.25, -0.2) is 14.6 Å². The first-order valence-electron chi connectivity index (χ1n) is 11.2. The van der Waals surface area contributed by atoms with Crippen LogP contribution in [0.4, 0.5) is 0 Å². The van der Waals surface area contributed by atoms with Gasteiger partial charge in [-0.2, -0.15) is 5.10 Å². The molecule has 1 amide bonds. The maximum Gasteiger partial charge on any atom is 0.255 e. The average molecular weight is 431 g/mol. The quantitative estimate of drug-likeness (QED) is 0.618. The highest BCUT2D eigenvalue weighted by Gasteiger charge is 2.46. The van der Waals surface area contributed by atoms with Gasteiger partial charge in [0.25, 0.3) is 5.91 Å². The molecule has 0 radical (unpaired) electrons. The van der Waals surface area contributed by atoms with Crippen molar-refractivity contribution in [3.8, 4) is 17.3 Å². The minimum absolute atomic E-state index is 0.00181. The molecule has 1 unspecified atom stereocenters. The Morgan fingerprint density at radius 2 is 1.91 bits per heavy atom. The van der Waals surface area contributed by atoms with Crippen LogP contribution in [0.5, 0.6) is 11.5 Å². The van der Waals surface area contributed by atoms with Gasteiger partial charge in [-0.15, -0.1) is 0 Å². The minimum Gasteiger partial charge on any atom is -0.486 e. The van der Waals surface area contributed by atoms with Gasteiger partial charge in [0.05, 0.1) is 11.6 Å². The summed E-state index contributed by atoms with van der Waals surface area (Å²) in [5.41, 5.74) is 3.05. The molecule has 0 N–H and O–H groups in total. The molecule has 1 spiro atoms. The molecule has 4 heterocycles. The van der Waals surface area contributed by atoms with Crippen molar-refractivity contribution in [2.75, 3.05) is 19.8 Å². The molecule has 1 fully saturated rings. The number of fused-ring (bicyclic) bond motifs is 3. The zero-order valence-corrected chi connectivity index (χ0v) is 18.0. The molecule has 0 saturated heterocycles. The third-order valence-corrected chi connectivity index (χ3v) is 7.15. The number of amides is 1. The van der Waals surface area contributed by atoms with Gasteiger partial charge in [-0.05, 0) is 55.2 Å². The largest absolute Gasteiger partial charge is 0.486 e. The van der Waals surface area contributed by atoms with Gasteiger partial charge in [0.15, 0.2) is 17.3 Å². The van der Waals surface area contributed by atoms with Crippen molar-refractivity contribution in [3.63, 3.8) is 0 Å². The molecule has 3 aromatic rings. The molecule has 3 aliphatic rings. The maximum atomic E-state index is 13.6. The van der Waals surface area contributed by atoms with Crippen LogP contribution in [-0.4, -0.2) is 50.3 Å². The van der Waals surface area contributed by atoms with Crippen molar-refractivity contribution < 1.29 is 14.3 Å². The van der Waals surface area contributed by atoms with Gasteiger partial charge in [0.2, 0.25) is 0 Å². The van der Waals surface area contributed by atoms with Gasteiger partial charge in [-0.1, -0.05) is 12.8 Å². The van der Waals surface area contributed by atoms with Gasteiger partial charge < -0.3 is 14.4 Å². The second-order valence-electron chi connectivity index (χ2n) is 8.92. The van der Waals surface area contributed by atoms with E-state index < -0.39 is 0 Å². The zero-order chi connectivity index (χ0) is 21.7. The van der Waals surface area contributed by atoms with Crippen molar-refractivity contribution in [2.24, 2.45) is 0 Å². The lowest BCUT2D eigenvalue weighted by Gasteiger charge is -2.46. The smallest absolute Gasteiger partial charge is 0.255 e. The van der Waals surface area contributed by atoms with Crippen molar-refractivity contribution in [2.45, 2.75) is 44.1 Å². The van der Waals surface area contributed by atoms with Crippen molar-refractivity contribution >= 4 is 5.91 Å². The number of hydrogen-bond donors (Lipinski definition) is 0. The molecule has 32 heavy (non-hydrogen) atoms. The Bertz CT molecular complexity index is 1150. The number of aromatic nitrogens is 4. The number of rotatable bonds is 2. The lowest BCUT2D eigenvalue weighted by Crippen LogP contribution is -2.48. The molecule has 8 heteroatoms. The van der Waals surface area contributed by atoms with E-state index in [-0.39, 0.29) is 17.4 Å². The maximum absolute atomic E-state index is 13.6. The van der Waals surface area contributed by atoms with E-state index in [0.29, 0.717) is 31.1 Å². The highest BCUT2D eigenvalue weighted by atomic mass is 16.6. The predicted molar refractivity (Wildman–Crippen MR) is 116 cm³/mol. The molecule has 8 nitrogen and oxygen atoms in total. The van der Waals surface area contributed by atoms with Crippen LogP contribution in [0.2, 0.25) is 0 Å². The number of benzene rings is 1. The first-order chi connectivity index (χ1) is 15.6. The molecule has 2 aromatic heterocycles. The highest BCUT2D eigenvalue weighted by molar-refractivity contribution is 5.94. The molecular formula is C24H25N5O3. The fraction of sp³-hybridized carbons (Fsp3) is 0.417. The summed E-state index contributed by atoms with van der Waals surface area (Å²) < 4.78 is 13.3. The highest BCUT2D eigenvalue weighted by Crippen LogP contribution is 2.52. The van der Waals surface area contributed by atoms with E-state index in [2.05, 4.69) is 34.1 Å². The lowest BCUT2D eigenvalue weighted by molar-refractivity contribution is 0.0592. The number of carbonyl (C=O) groups excluding carboxylic acids is 1. The summed E-state index contributed by atoms with van der Waals surface area (Å²) in [7, 11) is 0. The van der Waals surface area contributed by atoms with Crippen LogP contribution in [-0.2, 0) is 5.41 Å². The van der Waals surface area contributed by atoms with E-state index in [0.717, 1.165) is 24.3 Å². The van der Waals surface area contributed by atoms with Crippen LogP contribution in [0.3, 0.4) is 0 Å². The molecule has 1 aliphatic carbocycles. The van der Waals surface area contributed by atoms with E-state index in [4.69, 9.17) is 9.47 Å². The summed E-state index contributed by atoms with van der Waals surface area (Å²) in [6.45, 7) is 3.95. The van der Waals surface area contributed by atoms with Gasteiger partial charge in [0, 0.05) is 18.2 Å². The van der Waals surface area contributed by atoms with E-state index >= 15 is 0 Å². The second kappa shape index (κ2) is 7.32. The van der Waals surface area contributed by atoms with E-state index in [1.54, 1.807) is 23.3 Å². The van der Waals surface area contributed by atoms with Crippen molar-refractivity contribution in [1.82, 2.24) is 24.6 Å². The molecule has 1 saturated carbocycles. The Balaban J connectivity index is 1.37. The van der Waals surface area contributed by atoms with Gasteiger partial charge >= 0.3 is 0 Å². The third kappa shape index (κ3) is 2.97. The monoisotopic (exact) mass is 431 g/mol. The average Bonchev–Trinajstić information content (AvgIpc) is 3.54. The summed E-state index contributed by atoms with van der Waals surface area (Å²) >= 11 is 0. The lowest BCUT2D eigenvalue weighted by atomic mass is 9.71. The second-order valence-corrected chi connectivity index (χ2v) is 8.92. The van der Waals surface area contributed by atoms with Gasteiger partial charge in [-0.3, -0.25) is 4.79 Å². The fourth-order valence-electron chi connectivity index (χ4n) is 5.49.